The van der Waals surface area contributed by atoms with Gasteiger partial charge in [-0.1, -0.05) is 30.3 Å². The number of carbonyl (C=O) groups is 1. The van der Waals surface area contributed by atoms with Crippen LogP contribution in [0.2, 0.25) is 0 Å². The molecule has 1 aliphatic heterocycles. The lowest BCUT2D eigenvalue weighted by atomic mass is 10.0. The van der Waals surface area contributed by atoms with Crippen LogP contribution in [0.1, 0.15) is 18.5 Å². The fraction of sp³-hybridized carbons (Fsp3) is 0.389. The van der Waals surface area contributed by atoms with Gasteiger partial charge in [0, 0.05) is 38.6 Å². The average Bonchev–Trinajstić information content (AvgIpc) is 2.64. The molecule has 1 atom stereocenters. The molecule has 2 aromatic rings. The van der Waals surface area contributed by atoms with Crippen molar-refractivity contribution in [3.63, 3.8) is 0 Å². The summed E-state index contributed by atoms with van der Waals surface area (Å²) in [6, 6.07) is 11.3. The van der Waals surface area contributed by atoms with Gasteiger partial charge in [0.2, 0.25) is 5.95 Å². The second-order valence-electron chi connectivity index (χ2n) is 5.64. The predicted octanol–water partition coefficient (Wildman–Crippen LogP) is 1.90. The number of hydrogen-bond acceptors (Lipinski definition) is 6. The molecule has 6 heteroatoms. The minimum Gasteiger partial charge on any atom is -0.465 e. The molecule has 0 unspecified atom stereocenters. The largest absolute Gasteiger partial charge is 0.465 e. The van der Waals surface area contributed by atoms with Crippen LogP contribution in [0, 0.1) is 0 Å². The van der Waals surface area contributed by atoms with Crippen LogP contribution >= 0.6 is 0 Å². The molecule has 0 spiro atoms. The molecule has 6 nitrogen and oxygen atoms in total. The Morgan fingerprint density at radius 3 is 2.38 bits per heavy atom. The van der Waals surface area contributed by atoms with Crippen LogP contribution in [0.4, 0.5) is 5.95 Å². The highest BCUT2D eigenvalue weighted by molar-refractivity contribution is 5.77. The molecule has 1 fully saturated rings. The van der Waals surface area contributed by atoms with Crippen molar-refractivity contribution in [3.05, 3.63) is 54.4 Å². The lowest BCUT2D eigenvalue weighted by molar-refractivity contribution is -0.150. The molecular weight excluding hydrogens is 304 g/mol. The third-order valence-electron chi connectivity index (χ3n) is 4.14. The smallest absolute Gasteiger partial charge is 0.328 e. The third kappa shape index (κ3) is 3.71. The van der Waals surface area contributed by atoms with E-state index < -0.39 is 0 Å². The van der Waals surface area contributed by atoms with Gasteiger partial charge in [0.15, 0.2) is 0 Å². The number of esters is 1. The zero-order valence-electron chi connectivity index (χ0n) is 13.8. The maximum absolute atomic E-state index is 12.5. The highest BCUT2D eigenvalue weighted by Gasteiger charge is 2.31. The van der Waals surface area contributed by atoms with Crippen molar-refractivity contribution in [2.45, 2.75) is 13.0 Å². The zero-order valence-corrected chi connectivity index (χ0v) is 13.8. The second kappa shape index (κ2) is 7.88. The molecule has 0 saturated carbocycles. The second-order valence-corrected chi connectivity index (χ2v) is 5.64. The highest BCUT2D eigenvalue weighted by atomic mass is 16.5. The van der Waals surface area contributed by atoms with Gasteiger partial charge in [0.1, 0.15) is 6.04 Å². The van der Waals surface area contributed by atoms with E-state index in [1.54, 1.807) is 12.4 Å². The molecule has 0 bridgehead atoms. The van der Waals surface area contributed by atoms with Gasteiger partial charge >= 0.3 is 5.97 Å². The van der Waals surface area contributed by atoms with Gasteiger partial charge in [0.05, 0.1) is 6.61 Å². The standard InChI is InChI=1S/C18H22N4O2/c1-2-24-17(23)16(15-7-4-3-5-8-15)21-11-13-22(14-12-21)18-19-9-6-10-20-18/h3-10,16H,2,11-14H2,1H3/t16-/m1/s1. The highest BCUT2D eigenvalue weighted by Crippen LogP contribution is 2.24. The zero-order chi connectivity index (χ0) is 16.8. The van der Waals surface area contributed by atoms with Crippen molar-refractivity contribution < 1.29 is 9.53 Å². The van der Waals surface area contributed by atoms with Crippen LogP contribution < -0.4 is 4.90 Å². The van der Waals surface area contributed by atoms with Crippen LogP contribution in [0.3, 0.4) is 0 Å². The van der Waals surface area contributed by atoms with E-state index in [0.717, 1.165) is 37.7 Å². The van der Waals surface area contributed by atoms with E-state index in [4.69, 9.17) is 4.74 Å². The summed E-state index contributed by atoms with van der Waals surface area (Å²) in [5.41, 5.74) is 0.973. The van der Waals surface area contributed by atoms with E-state index in [1.807, 2.05) is 43.3 Å². The summed E-state index contributed by atoms with van der Waals surface area (Å²) < 4.78 is 5.30. The molecule has 1 saturated heterocycles. The van der Waals surface area contributed by atoms with Crippen molar-refractivity contribution in [3.8, 4) is 0 Å². The van der Waals surface area contributed by atoms with Crippen molar-refractivity contribution in [1.29, 1.82) is 0 Å². The van der Waals surface area contributed by atoms with Gasteiger partial charge in [-0.3, -0.25) is 4.90 Å². The Labute approximate surface area is 142 Å². The molecule has 1 aromatic carbocycles. The van der Waals surface area contributed by atoms with E-state index in [9.17, 15) is 4.79 Å². The van der Waals surface area contributed by atoms with Crippen LogP contribution in [0.5, 0.6) is 0 Å². The number of benzene rings is 1. The molecular formula is C18H22N4O2. The summed E-state index contributed by atoms with van der Waals surface area (Å²) in [5, 5.41) is 0. The number of nitrogens with zero attached hydrogens (tertiary/aromatic N) is 4. The summed E-state index contributed by atoms with van der Waals surface area (Å²) in [6.07, 6.45) is 3.50. The molecule has 3 rings (SSSR count). The van der Waals surface area contributed by atoms with E-state index >= 15 is 0 Å². The van der Waals surface area contributed by atoms with Crippen LogP contribution in [-0.2, 0) is 9.53 Å². The van der Waals surface area contributed by atoms with Gasteiger partial charge < -0.3 is 9.64 Å². The minimum absolute atomic E-state index is 0.187. The van der Waals surface area contributed by atoms with Crippen molar-refractivity contribution in [2.24, 2.45) is 0 Å². The van der Waals surface area contributed by atoms with E-state index in [1.165, 1.54) is 0 Å². The fourth-order valence-electron chi connectivity index (χ4n) is 2.99. The molecule has 126 valence electrons. The fourth-order valence-corrected chi connectivity index (χ4v) is 2.99. The Kier molecular flexibility index (Phi) is 5.38. The molecule has 24 heavy (non-hydrogen) atoms. The van der Waals surface area contributed by atoms with Crippen molar-refractivity contribution in [2.75, 3.05) is 37.7 Å². The summed E-state index contributed by atoms with van der Waals surface area (Å²) >= 11 is 0. The number of piperazine rings is 1. The first-order valence-electron chi connectivity index (χ1n) is 8.27. The number of carbonyl (C=O) groups excluding carboxylic acids is 1. The Balaban J connectivity index is 1.72. The van der Waals surface area contributed by atoms with E-state index in [-0.39, 0.29) is 12.0 Å². The van der Waals surface area contributed by atoms with Gasteiger partial charge in [0.25, 0.3) is 0 Å². The molecule has 0 aliphatic carbocycles. The number of anilines is 1. The topological polar surface area (TPSA) is 58.6 Å². The summed E-state index contributed by atoms with van der Waals surface area (Å²) in [4.78, 5) is 25.4. The average molecular weight is 326 g/mol. The molecule has 0 N–H and O–H groups in total. The maximum atomic E-state index is 12.5. The van der Waals surface area contributed by atoms with Gasteiger partial charge in [-0.2, -0.15) is 0 Å². The number of ether oxygens (including phenoxy) is 1. The first kappa shape index (κ1) is 16.4. The third-order valence-corrected chi connectivity index (χ3v) is 4.14. The first-order chi connectivity index (χ1) is 11.8. The minimum atomic E-state index is -0.356. The lowest BCUT2D eigenvalue weighted by Gasteiger charge is -2.38. The molecule has 1 aromatic heterocycles. The van der Waals surface area contributed by atoms with Crippen molar-refractivity contribution in [1.82, 2.24) is 14.9 Å². The summed E-state index contributed by atoms with van der Waals surface area (Å²) in [7, 11) is 0. The Hall–Kier alpha value is -2.47. The van der Waals surface area contributed by atoms with E-state index in [0.29, 0.717) is 6.61 Å². The molecule has 0 radical (unpaired) electrons. The Morgan fingerprint density at radius 2 is 1.75 bits per heavy atom. The Morgan fingerprint density at radius 1 is 1.08 bits per heavy atom. The summed E-state index contributed by atoms with van der Waals surface area (Å²) in [6.45, 7) is 5.32. The monoisotopic (exact) mass is 326 g/mol. The SMILES string of the molecule is CCOC(=O)[C@@H](c1ccccc1)N1CCN(c2ncccn2)CC1. The predicted molar refractivity (Wildman–Crippen MR) is 91.6 cm³/mol. The van der Waals surface area contributed by atoms with Crippen LogP contribution in [0.25, 0.3) is 0 Å². The first-order valence-corrected chi connectivity index (χ1v) is 8.27. The van der Waals surface area contributed by atoms with Crippen LogP contribution in [0.15, 0.2) is 48.8 Å². The number of hydrogen-bond donors (Lipinski definition) is 0. The Bertz CT molecular complexity index is 643. The van der Waals surface area contributed by atoms with Gasteiger partial charge in [-0.15, -0.1) is 0 Å². The van der Waals surface area contributed by atoms with Gasteiger partial charge in [-0.05, 0) is 18.6 Å². The van der Waals surface area contributed by atoms with Crippen molar-refractivity contribution >= 4 is 11.9 Å². The lowest BCUT2D eigenvalue weighted by Crippen LogP contribution is -2.50. The molecule has 2 heterocycles. The van der Waals surface area contributed by atoms with Gasteiger partial charge in [-0.25, -0.2) is 14.8 Å². The number of aromatic nitrogens is 2. The molecule has 1 aliphatic rings. The van der Waals surface area contributed by atoms with E-state index in [2.05, 4.69) is 19.8 Å². The quantitative estimate of drug-likeness (QED) is 0.782. The van der Waals surface area contributed by atoms with Crippen LogP contribution in [-0.4, -0.2) is 53.6 Å². The maximum Gasteiger partial charge on any atom is 0.328 e. The molecule has 0 amide bonds. The number of rotatable bonds is 5. The normalized spacial score (nSPS) is 16.6. The summed E-state index contributed by atoms with van der Waals surface area (Å²) in [5.74, 6) is 0.553.